The van der Waals surface area contributed by atoms with E-state index in [1.807, 2.05) is 13.8 Å². The number of hydrogen-bond acceptors (Lipinski definition) is 6. The van der Waals surface area contributed by atoms with Gasteiger partial charge in [-0.15, -0.1) is 0 Å². The van der Waals surface area contributed by atoms with E-state index in [0.717, 1.165) is 17.8 Å². The minimum absolute atomic E-state index is 0.238. The molecule has 3 aromatic rings. The van der Waals surface area contributed by atoms with Gasteiger partial charge in [0.2, 0.25) is 5.88 Å². The Labute approximate surface area is 200 Å². The summed E-state index contributed by atoms with van der Waals surface area (Å²) in [7, 11) is 1.46. The summed E-state index contributed by atoms with van der Waals surface area (Å²) in [5.74, 6) is 0.910. The quantitative estimate of drug-likeness (QED) is 0.544. The Hall–Kier alpha value is -3.89. The van der Waals surface area contributed by atoms with Gasteiger partial charge in [-0.25, -0.2) is 19.7 Å². The summed E-state index contributed by atoms with van der Waals surface area (Å²) in [4.78, 5) is 29.7. The fourth-order valence-corrected chi connectivity index (χ4v) is 4.00. The predicted molar refractivity (Wildman–Crippen MR) is 127 cm³/mol. The number of methoxy groups -OCH3 is 1. The van der Waals surface area contributed by atoms with Crippen LogP contribution >= 0.6 is 0 Å². The number of ether oxygens (including phenoxy) is 1. The highest BCUT2D eigenvalue weighted by atomic mass is 19.4. The van der Waals surface area contributed by atoms with Crippen LogP contribution in [-0.4, -0.2) is 47.2 Å². The molecule has 0 spiro atoms. The number of urea groups is 1. The monoisotopic (exact) mass is 486 g/mol. The summed E-state index contributed by atoms with van der Waals surface area (Å²) in [5, 5.41) is 2.76. The molecule has 35 heavy (non-hydrogen) atoms. The smallest absolute Gasteiger partial charge is 0.416 e. The van der Waals surface area contributed by atoms with Gasteiger partial charge in [0.25, 0.3) is 0 Å². The van der Waals surface area contributed by atoms with Crippen molar-refractivity contribution in [2.45, 2.75) is 32.5 Å². The van der Waals surface area contributed by atoms with E-state index >= 15 is 0 Å². The lowest BCUT2D eigenvalue weighted by molar-refractivity contribution is -0.137. The third-order valence-electron chi connectivity index (χ3n) is 5.85. The molecule has 8 nitrogen and oxygen atoms in total. The first-order valence-corrected chi connectivity index (χ1v) is 11.1. The van der Waals surface area contributed by atoms with E-state index in [4.69, 9.17) is 9.72 Å². The first kappa shape index (κ1) is 24.2. The van der Waals surface area contributed by atoms with E-state index in [1.165, 1.54) is 30.5 Å². The van der Waals surface area contributed by atoms with Crippen LogP contribution < -0.4 is 19.9 Å². The molecule has 0 fully saturated rings. The Morgan fingerprint density at radius 3 is 2.71 bits per heavy atom. The van der Waals surface area contributed by atoms with Crippen LogP contribution in [-0.2, 0) is 6.18 Å². The van der Waals surface area contributed by atoms with Crippen LogP contribution in [0.5, 0.6) is 5.88 Å². The van der Waals surface area contributed by atoms with Crippen molar-refractivity contribution in [1.29, 1.82) is 0 Å². The van der Waals surface area contributed by atoms with Gasteiger partial charge >= 0.3 is 12.2 Å². The fraction of sp³-hybridized carbons (Fsp3) is 0.333. The van der Waals surface area contributed by atoms with Crippen molar-refractivity contribution in [2.75, 3.05) is 35.3 Å². The number of nitrogens with zero attached hydrogens (tertiary/aromatic N) is 5. The van der Waals surface area contributed by atoms with Gasteiger partial charge in [-0.2, -0.15) is 13.2 Å². The number of benzene rings is 1. The molecule has 0 saturated carbocycles. The second-order valence-corrected chi connectivity index (χ2v) is 8.08. The zero-order valence-electron chi connectivity index (χ0n) is 19.5. The van der Waals surface area contributed by atoms with Gasteiger partial charge in [0.15, 0.2) is 5.82 Å². The number of rotatable bonds is 4. The summed E-state index contributed by atoms with van der Waals surface area (Å²) >= 11 is 0. The predicted octanol–water partition coefficient (Wildman–Crippen LogP) is 5.22. The minimum Gasteiger partial charge on any atom is -0.481 e. The SMILES string of the molecule is CCN1CC[C@@H](C)N(C(=O)Nc2cc(OC)ncn2)c2nc(-c3cccc(C(F)(F)F)c3)ccc21. The highest BCUT2D eigenvalue weighted by molar-refractivity contribution is 6.03. The summed E-state index contributed by atoms with van der Waals surface area (Å²) in [6, 6.07) is 9.26. The Bertz CT molecular complexity index is 1220. The van der Waals surface area contributed by atoms with Crippen molar-refractivity contribution in [3.8, 4) is 17.1 Å². The van der Waals surface area contributed by atoms with Gasteiger partial charge < -0.3 is 9.64 Å². The first-order chi connectivity index (χ1) is 16.7. The molecule has 0 bridgehead atoms. The fourth-order valence-electron chi connectivity index (χ4n) is 4.00. The number of fused-ring (bicyclic) bond motifs is 1. The van der Waals surface area contributed by atoms with Gasteiger partial charge in [0.1, 0.15) is 12.1 Å². The third kappa shape index (κ3) is 5.13. The van der Waals surface area contributed by atoms with Gasteiger partial charge in [0.05, 0.1) is 24.1 Å². The molecule has 2 aromatic heterocycles. The molecule has 1 aromatic carbocycles. The van der Waals surface area contributed by atoms with Crippen LogP contribution in [0.15, 0.2) is 48.8 Å². The lowest BCUT2D eigenvalue weighted by Gasteiger charge is -2.28. The molecule has 1 aliphatic rings. The van der Waals surface area contributed by atoms with Gasteiger partial charge in [-0.3, -0.25) is 10.2 Å². The van der Waals surface area contributed by atoms with Crippen molar-refractivity contribution < 1.29 is 22.7 Å². The maximum absolute atomic E-state index is 13.4. The molecule has 0 saturated heterocycles. The second kappa shape index (κ2) is 9.77. The molecule has 184 valence electrons. The van der Waals surface area contributed by atoms with Crippen molar-refractivity contribution in [3.63, 3.8) is 0 Å². The minimum atomic E-state index is -4.47. The number of amides is 2. The number of carbonyl (C=O) groups excluding carboxylic acids is 1. The topological polar surface area (TPSA) is 83.5 Å². The van der Waals surface area contributed by atoms with Gasteiger partial charge in [-0.1, -0.05) is 12.1 Å². The van der Waals surface area contributed by atoms with E-state index in [2.05, 4.69) is 20.2 Å². The number of alkyl halides is 3. The Kier molecular flexibility index (Phi) is 6.77. The molecule has 1 aliphatic heterocycles. The van der Waals surface area contributed by atoms with Crippen LogP contribution in [0.1, 0.15) is 25.8 Å². The molecule has 1 atom stereocenters. The normalized spacial score (nSPS) is 15.9. The van der Waals surface area contributed by atoms with E-state index < -0.39 is 17.8 Å². The largest absolute Gasteiger partial charge is 0.481 e. The summed E-state index contributed by atoms with van der Waals surface area (Å²) < 4.78 is 44.9. The number of aromatic nitrogens is 3. The lowest BCUT2D eigenvalue weighted by Crippen LogP contribution is -2.42. The molecule has 3 heterocycles. The summed E-state index contributed by atoms with van der Waals surface area (Å²) in [6.07, 6.45) is -2.53. The molecular weight excluding hydrogens is 461 g/mol. The molecule has 2 amide bonds. The van der Waals surface area contributed by atoms with Crippen molar-refractivity contribution in [2.24, 2.45) is 0 Å². The zero-order chi connectivity index (χ0) is 25.2. The van der Waals surface area contributed by atoms with Gasteiger partial charge in [-0.05, 0) is 44.5 Å². The molecule has 0 unspecified atom stereocenters. The van der Waals surface area contributed by atoms with E-state index in [1.54, 1.807) is 18.2 Å². The maximum Gasteiger partial charge on any atom is 0.416 e. The number of hydrogen-bond donors (Lipinski definition) is 1. The number of carbonyl (C=O) groups is 1. The lowest BCUT2D eigenvalue weighted by atomic mass is 10.1. The van der Waals surface area contributed by atoms with Gasteiger partial charge in [0, 0.05) is 30.8 Å². The molecule has 1 N–H and O–H groups in total. The van der Waals surface area contributed by atoms with Crippen LogP contribution in [0.4, 0.5) is 35.3 Å². The Morgan fingerprint density at radius 1 is 1.20 bits per heavy atom. The standard InChI is InChI=1S/C24H25F3N6O2/c1-4-32-11-10-15(2)33(23(34)31-20-13-21(35-3)29-14-28-20)22-19(32)9-8-18(30-22)16-6-5-7-17(12-16)24(25,26)27/h5-9,12-15H,4,10-11H2,1-3H3,(H,28,29,31,34)/t15-/m1/s1. The number of pyridine rings is 1. The average molecular weight is 486 g/mol. The van der Waals surface area contributed by atoms with Crippen molar-refractivity contribution >= 4 is 23.4 Å². The Balaban J connectivity index is 1.77. The zero-order valence-corrected chi connectivity index (χ0v) is 19.5. The van der Waals surface area contributed by atoms with E-state index in [9.17, 15) is 18.0 Å². The Morgan fingerprint density at radius 2 is 2.00 bits per heavy atom. The van der Waals surface area contributed by atoms with Crippen LogP contribution in [0.2, 0.25) is 0 Å². The van der Waals surface area contributed by atoms with Crippen LogP contribution in [0.25, 0.3) is 11.3 Å². The van der Waals surface area contributed by atoms with Crippen molar-refractivity contribution in [1.82, 2.24) is 15.0 Å². The molecule has 11 heteroatoms. The summed E-state index contributed by atoms with van der Waals surface area (Å²) in [5.41, 5.74) is 0.607. The van der Waals surface area contributed by atoms with E-state index in [0.29, 0.717) is 42.5 Å². The number of nitrogens with one attached hydrogen (secondary N) is 1. The molecule has 0 radical (unpaired) electrons. The van der Waals surface area contributed by atoms with Crippen molar-refractivity contribution in [3.05, 3.63) is 54.4 Å². The molecule has 0 aliphatic carbocycles. The molecular formula is C24H25F3N6O2. The highest BCUT2D eigenvalue weighted by Crippen LogP contribution is 2.37. The number of halogens is 3. The third-order valence-corrected chi connectivity index (χ3v) is 5.85. The first-order valence-electron chi connectivity index (χ1n) is 11.1. The number of anilines is 3. The maximum atomic E-state index is 13.4. The second-order valence-electron chi connectivity index (χ2n) is 8.08. The average Bonchev–Trinajstić information content (AvgIpc) is 2.98. The highest BCUT2D eigenvalue weighted by Gasteiger charge is 2.33. The van der Waals surface area contributed by atoms with E-state index in [-0.39, 0.29) is 11.9 Å². The van der Waals surface area contributed by atoms with Crippen LogP contribution in [0.3, 0.4) is 0 Å². The molecule has 4 rings (SSSR count). The summed E-state index contributed by atoms with van der Waals surface area (Å²) in [6.45, 7) is 5.28. The van der Waals surface area contributed by atoms with Crippen LogP contribution in [0, 0.1) is 0 Å².